The maximum absolute atomic E-state index is 13.8. The van der Waals surface area contributed by atoms with Crippen LogP contribution < -0.4 is 10.2 Å². The summed E-state index contributed by atoms with van der Waals surface area (Å²) in [7, 11) is 0. The van der Waals surface area contributed by atoms with Crippen LogP contribution in [0.15, 0.2) is 42.5 Å². The van der Waals surface area contributed by atoms with E-state index in [-0.39, 0.29) is 29.7 Å². The van der Waals surface area contributed by atoms with E-state index < -0.39 is 0 Å². The first kappa shape index (κ1) is 30.6. The fraction of sp³-hybridized carbons (Fsp3) is 0.559. The van der Waals surface area contributed by atoms with E-state index in [9.17, 15) is 14.4 Å². The molecule has 5 rings (SSSR count). The molecular formula is C34H45ClN4O3. The highest BCUT2D eigenvalue weighted by molar-refractivity contribution is 6.31. The molecule has 3 fully saturated rings. The van der Waals surface area contributed by atoms with Crippen LogP contribution in [0.5, 0.6) is 0 Å². The van der Waals surface area contributed by atoms with E-state index in [1.165, 1.54) is 18.4 Å². The van der Waals surface area contributed by atoms with Gasteiger partial charge in [0.15, 0.2) is 0 Å². The van der Waals surface area contributed by atoms with E-state index in [0.717, 1.165) is 42.6 Å². The number of rotatable bonds is 9. The Morgan fingerprint density at radius 2 is 1.62 bits per heavy atom. The third-order valence-corrected chi connectivity index (χ3v) is 9.96. The van der Waals surface area contributed by atoms with Gasteiger partial charge in [-0.2, -0.15) is 0 Å². The van der Waals surface area contributed by atoms with Crippen LogP contribution in [-0.4, -0.2) is 71.8 Å². The summed E-state index contributed by atoms with van der Waals surface area (Å²) >= 11 is 6.49. The zero-order valence-electron chi connectivity index (χ0n) is 25.3. The number of hydrogen-bond donors (Lipinski definition) is 1. The molecular weight excluding hydrogens is 548 g/mol. The molecule has 2 aromatic rings. The van der Waals surface area contributed by atoms with Crippen LogP contribution in [0.1, 0.15) is 68.6 Å². The minimum absolute atomic E-state index is 0.0762. The summed E-state index contributed by atoms with van der Waals surface area (Å²) in [4.78, 5) is 44.8. The lowest BCUT2D eigenvalue weighted by Crippen LogP contribution is -2.51. The predicted molar refractivity (Wildman–Crippen MR) is 168 cm³/mol. The Morgan fingerprint density at radius 3 is 2.24 bits per heavy atom. The van der Waals surface area contributed by atoms with E-state index in [0.29, 0.717) is 56.0 Å². The Morgan fingerprint density at radius 1 is 0.952 bits per heavy atom. The number of nitrogens with zero attached hydrogens (tertiary/aromatic N) is 3. The second kappa shape index (κ2) is 13.6. The first-order valence-electron chi connectivity index (χ1n) is 15.6. The molecule has 3 amide bonds. The summed E-state index contributed by atoms with van der Waals surface area (Å²) in [5.74, 6) is 0.233. The Hall–Kier alpha value is -2.90. The van der Waals surface area contributed by atoms with Gasteiger partial charge >= 0.3 is 0 Å². The first-order valence-corrected chi connectivity index (χ1v) is 16.0. The number of fused-ring (bicyclic) bond motifs is 2. The molecule has 2 unspecified atom stereocenters. The van der Waals surface area contributed by atoms with Gasteiger partial charge in [-0.25, -0.2) is 0 Å². The number of likely N-dealkylation sites (tertiary alicyclic amines) is 1. The van der Waals surface area contributed by atoms with Gasteiger partial charge in [-0.05, 0) is 82.1 Å². The van der Waals surface area contributed by atoms with Crippen LogP contribution >= 0.6 is 11.6 Å². The Balaban J connectivity index is 1.16. The number of benzene rings is 2. The van der Waals surface area contributed by atoms with E-state index in [4.69, 9.17) is 11.6 Å². The highest BCUT2D eigenvalue weighted by Crippen LogP contribution is 2.36. The third-order valence-electron chi connectivity index (χ3n) is 9.56. The van der Waals surface area contributed by atoms with Crippen molar-refractivity contribution < 1.29 is 14.4 Å². The van der Waals surface area contributed by atoms with E-state index in [1.807, 2.05) is 47.1 Å². The smallest absolute Gasteiger partial charge is 0.230 e. The molecule has 0 saturated carbocycles. The number of piperidine rings is 2. The number of carbonyl (C=O) groups excluding carboxylic acids is 3. The quantitative estimate of drug-likeness (QED) is 0.429. The van der Waals surface area contributed by atoms with Gasteiger partial charge in [0.05, 0.1) is 6.42 Å². The van der Waals surface area contributed by atoms with Gasteiger partial charge in [-0.3, -0.25) is 19.3 Å². The number of carbonyl (C=O) groups is 3. The molecule has 2 atom stereocenters. The average molecular weight is 593 g/mol. The number of amides is 3. The molecule has 0 aromatic heterocycles. The van der Waals surface area contributed by atoms with E-state index in [2.05, 4.69) is 29.3 Å². The van der Waals surface area contributed by atoms with Crippen molar-refractivity contribution in [1.29, 1.82) is 0 Å². The van der Waals surface area contributed by atoms with Crippen LogP contribution in [-0.2, 0) is 20.8 Å². The van der Waals surface area contributed by atoms with Gasteiger partial charge in [0.25, 0.3) is 0 Å². The van der Waals surface area contributed by atoms with E-state index >= 15 is 0 Å². The molecule has 3 aliphatic heterocycles. The lowest BCUT2D eigenvalue weighted by atomic mass is 9.94. The number of aryl methyl sites for hydroxylation is 2. The fourth-order valence-electron chi connectivity index (χ4n) is 7.12. The summed E-state index contributed by atoms with van der Waals surface area (Å²) in [6.45, 7) is 8.46. The molecule has 3 aliphatic rings. The lowest BCUT2D eigenvalue weighted by Gasteiger charge is -2.40. The molecule has 3 saturated heterocycles. The zero-order valence-corrected chi connectivity index (χ0v) is 26.0. The molecule has 0 aliphatic carbocycles. The molecule has 2 aromatic carbocycles. The summed E-state index contributed by atoms with van der Waals surface area (Å²) in [5, 5.41) is 3.98. The Kier molecular flexibility index (Phi) is 9.89. The minimum Gasteiger partial charge on any atom is -0.353 e. The summed E-state index contributed by atoms with van der Waals surface area (Å²) in [5.41, 5.74) is 4.10. The molecule has 3 heterocycles. The van der Waals surface area contributed by atoms with Gasteiger partial charge in [0, 0.05) is 67.9 Å². The van der Waals surface area contributed by atoms with Crippen molar-refractivity contribution in [3.8, 4) is 0 Å². The average Bonchev–Trinajstić information content (AvgIpc) is 3.20. The maximum atomic E-state index is 13.8. The molecule has 8 heteroatoms. The lowest BCUT2D eigenvalue weighted by molar-refractivity contribution is -0.133. The van der Waals surface area contributed by atoms with Crippen molar-refractivity contribution >= 4 is 35.0 Å². The Bertz CT molecular complexity index is 1260. The predicted octanol–water partition coefficient (Wildman–Crippen LogP) is 5.29. The van der Waals surface area contributed by atoms with Crippen LogP contribution in [0.25, 0.3) is 0 Å². The van der Waals surface area contributed by atoms with Crippen LogP contribution in [0.3, 0.4) is 0 Å². The standard InChI is InChI=1S/C34H45ClN4O3/c1-23-5-8-26(9-6-23)19-33(41)36-28-20-29-11-12-30(21-28)38(29)15-4-16-39(31-10-7-24(2)32(35)22-31)34(42)27-13-17-37(18-14-27)25(3)40/h5-10,22,27-30H,4,11-21H2,1-3H3,(H,36,41). The molecule has 226 valence electrons. The Labute approximate surface area is 255 Å². The normalized spacial score (nSPS) is 22.7. The van der Waals surface area contributed by atoms with Gasteiger partial charge in [-0.1, -0.05) is 47.5 Å². The minimum atomic E-state index is -0.0869. The largest absolute Gasteiger partial charge is 0.353 e. The van der Waals surface area contributed by atoms with Gasteiger partial charge in [-0.15, -0.1) is 0 Å². The number of anilines is 1. The van der Waals surface area contributed by atoms with E-state index in [1.54, 1.807) is 6.92 Å². The van der Waals surface area contributed by atoms with Crippen molar-refractivity contribution in [2.45, 2.75) is 90.3 Å². The van der Waals surface area contributed by atoms with Gasteiger partial charge in [0.1, 0.15) is 0 Å². The topological polar surface area (TPSA) is 73.0 Å². The second-order valence-corrected chi connectivity index (χ2v) is 13.0. The van der Waals surface area contributed by atoms with Crippen molar-refractivity contribution in [1.82, 2.24) is 15.1 Å². The molecule has 1 N–H and O–H groups in total. The van der Waals surface area contributed by atoms with Crippen LogP contribution in [0.2, 0.25) is 5.02 Å². The third kappa shape index (κ3) is 7.35. The number of nitrogens with one attached hydrogen (secondary N) is 1. The summed E-state index contributed by atoms with van der Waals surface area (Å²) < 4.78 is 0. The highest BCUT2D eigenvalue weighted by Gasteiger charge is 2.41. The van der Waals surface area contributed by atoms with Gasteiger partial charge in [0.2, 0.25) is 17.7 Å². The van der Waals surface area contributed by atoms with Crippen molar-refractivity contribution in [3.05, 3.63) is 64.2 Å². The van der Waals surface area contributed by atoms with Crippen LogP contribution in [0, 0.1) is 19.8 Å². The molecule has 7 nitrogen and oxygen atoms in total. The summed E-state index contributed by atoms with van der Waals surface area (Å²) in [6, 6.07) is 15.3. The molecule has 42 heavy (non-hydrogen) atoms. The van der Waals surface area contributed by atoms with Crippen molar-refractivity contribution in [2.75, 3.05) is 31.1 Å². The summed E-state index contributed by atoms with van der Waals surface area (Å²) in [6.07, 6.45) is 7.00. The second-order valence-electron chi connectivity index (χ2n) is 12.6. The zero-order chi connectivity index (χ0) is 29.8. The van der Waals surface area contributed by atoms with Crippen molar-refractivity contribution in [3.63, 3.8) is 0 Å². The van der Waals surface area contributed by atoms with Gasteiger partial charge < -0.3 is 15.1 Å². The SMILES string of the molecule is CC(=O)N1CCC(C(=O)N(CCCN2C3CCC2CC(NC(=O)Cc2ccc(C)cc2)C3)c2ccc(C)c(Cl)c2)CC1. The fourth-order valence-corrected chi connectivity index (χ4v) is 7.29. The van der Waals surface area contributed by atoms with Crippen LogP contribution in [0.4, 0.5) is 5.69 Å². The molecule has 2 bridgehead atoms. The number of hydrogen-bond acceptors (Lipinski definition) is 4. The maximum Gasteiger partial charge on any atom is 0.230 e. The monoisotopic (exact) mass is 592 g/mol. The molecule has 0 spiro atoms. The van der Waals surface area contributed by atoms with Crippen molar-refractivity contribution in [2.24, 2.45) is 5.92 Å². The molecule has 0 radical (unpaired) electrons. The highest BCUT2D eigenvalue weighted by atomic mass is 35.5. The first-order chi connectivity index (χ1) is 20.2. The number of halogens is 1.